The standard InChI is InChI=1S/C22H17ClN4O5/c1-14-9-17(3-5-20(14)23)31-19-11-15(10-16(12-19)27(29)30)25-22(28)21-6-4-18(32-21)13-26-8-2-7-24-26/h2-12H,13H2,1H3,(H,25,28). The Morgan fingerprint density at radius 3 is 2.78 bits per heavy atom. The molecule has 0 fully saturated rings. The Kier molecular flexibility index (Phi) is 5.91. The van der Waals surface area contributed by atoms with Crippen LogP contribution in [0.5, 0.6) is 11.5 Å². The number of carbonyl (C=O) groups is 1. The minimum absolute atomic E-state index is 0.0643. The molecular weight excluding hydrogens is 436 g/mol. The summed E-state index contributed by atoms with van der Waals surface area (Å²) in [5, 5.41) is 18.6. The molecule has 0 unspecified atom stereocenters. The summed E-state index contributed by atoms with van der Waals surface area (Å²) in [5.74, 6) is 0.703. The molecule has 2 aromatic heterocycles. The maximum atomic E-state index is 12.6. The van der Waals surface area contributed by atoms with Crippen LogP contribution in [0, 0.1) is 17.0 Å². The SMILES string of the molecule is Cc1cc(Oc2cc(NC(=O)c3ccc(Cn4cccn4)o3)cc([N+](=O)[O-])c2)ccc1Cl. The molecule has 0 aliphatic heterocycles. The smallest absolute Gasteiger partial charge is 0.291 e. The van der Waals surface area contributed by atoms with Gasteiger partial charge in [-0.25, -0.2) is 0 Å². The summed E-state index contributed by atoms with van der Waals surface area (Å²) in [5.41, 5.74) is 0.754. The lowest BCUT2D eigenvalue weighted by atomic mass is 10.2. The number of anilines is 1. The van der Waals surface area contributed by atoms with Gasteiger partial charge in [0.25, 0.3) is 11.6 Å². The van der Waals surface area contributed by atoms with Crippen LogP contribution in [0.2, 0.25) is 5.02 Å². The van der Waals surface area contributed by atoms with Crippen LogP contribution in [-0.4, -0.2) is 20.6 Å². The Hall–Kier alpha value is -4.11. The van der Waals surface area contributed by atoms with Gasteiger partial charge in [0.05, 0.1) is 23.2 Å². The lowest BCUT2D eigenvalue weighted by Gasteiger charge is -2.10. The molecule has 0 spiro atoms. The van der Waals surface area contributed by atoms with E-state index in [1.54, 1.807) is 47.4 Å². The molecule has 0 radical (unpaired) electrons. The topological polar surface area (TPSA) is 112 Å². The van der Waals surface area contributed by atoms with E-state index in [4.69, 9.17) is 20.8 Å². The van der Waals surface area contributed by atoms with Crippen molar-refractivity contribution in [2.75, 3.05) is 5.32 Å². The number of rotatable bonds is 7. The highest BCUT2D eigenvalue weighted by atomic mass is 35.5. The molecule has 1 amide bonds. The molecule has 9 nitrogen and oxygen atoms in total. The van der Waals surface area contributed by atoms with E-state index in [0.29, 0.717) is 23.1 Å². The second kappa shape index (κ2) is 8.94. The van der Waals surface area contributed by atoms with Gasteiger partial charge in [0.2, 0.25) is 0 Å². The average Bonchev–Trinajstić information content (AvgIpc) is 3.43. The fraction of sp³-hybridized carbons (Fsp3) is 0.0909. The third-order valence-electron chi connectivity index (χ3n) is 4.49. The van der Waals surface area contributed by atoms with E-state index in [-0.39, 0.29) is 22.9 Å². The number of nitro groups is 1. The second-order valence-electron chi connectivity index (χ2n) is 6.91. The first-order valence-electron chi connectivity index (χ1n) is 9.48. The molecule has 0 aliphatic rings. The maximum absolute atomic E-state index is 12.6. The Bertz CT molecular complexity index is 1280. The number of aryl methyl sites for hydroxylation is 1. The number of aromatic nitrogens is 2. The fourth-order valence-corrected chi connectivity index (χ4v) is 3.09. The van der Waals surface area contributed by atoms with Gasteiger partial charge in [-0.1, -0.05) is 11.6 Å². The predicted molar refractivity (Wildman–Crippen MR) is 117 cm³/mol. The molecule has 2 heterocycles. The van der Waals surface area contributed by atoms with E-state index in [1.165, 1.54) is 24.3 Å². The number of nitrogens with one attached hydrogen (secondary N) is 1. The highest BCUT2D eigenvalue weighted by molar-refractivity contribution is 6.31. The normalized spacial score (nSPS) is 10.7. The van der Waals surface area contributed by atoms with Gasteiger partial charge >= 0.3 is 0 Å². The minimum Gasteiger partial charge on any atom is -0.457 e. The zero-order chi connectivity index (χ0) is 22.7. The van der Waals surface area contributed by atoms with Crippen LogP contribution in [0.15, 0.2) is 71.4 Å². The van der Waals surface area contributed by atoms with Crippen molar-refractivity contribution in [2.45, 2.75) is 13.5 Å². The lowest BCUT2D eigenvalue weighted by molar-refractivity contribution is -0.384. The van der Waals surface area contributed by atoms with Crippen LogP contribution < -0.4 is 10.1 Å². The van der Waals surface area contributed by atoms with Gasteiger partial charge in [-0.3, -0.25) is 19.6 Å². The second-order valence-corrected chi connectivity index (χ2v) is 7.32. The molecule has 4 aromatic rings. The van der Waals surface area contributed by atoms with Gasteiger partial charge in [0, 0.05) is 29.5 Å². The first kappa shape index (κ1) is 21.1. The van der Waals surface area contributed by atoms with Crippen molar-refractivity contribution in [2.24, 2.45) is 0 Å². The number of benzene rings is 2. The molecule has 10 heteroatoms. The summed E-state index contributed by atoms with van der Waals surface area (Å²) in [6.45, 7) is 2.19. The van der Waals surface area contributed by atoms with Crippen molar-refractivity contribution < 1.29 is 18.9 Å². The number of non-ortho nitro benzene ring substituents is 1. The van der Waals surface area contributed by atoms with Gasteiger partial charge in [-0.2, -0.15) is 5.10 Å². The number of nitrogens with zero attached hydrogens (tertiary/aromatic N) is 3. The molecule has 0 saturated heterocycles. The Morgan fingerprint density at radius 2 is 2.06 bits per heavy atom. The molecule has 162 valence electrons. The quantitative estimate of drug-likeness (QED) is 0.295. The van der Waals surface area contributed by atoms with Crippen LogP contribution >= 0.6 is 11.6 Å². The zero-order valence-electron chi connectivity index (χ0n) is 16.8. The molecule has 0 saturated carbocycles. The van der Waals surface area contributed by atoms with Crippen molar-refractivity contribution in [3.63, 3.8) is 0 Å². The fourth-order valence-electron chi connectivity index (χ4n) is 2.97. The number of hydrogen-bond donors (Lipinski definition) is 1. The van der Waals surface area contributed by atoms with Gasteiger partial charge in [0.1, 0.15) is 17.3 Å². The van der Waals surface area contributed by atoms with E-state index in [1.807, 2.05) is 6.92 Å². The summed E-state index contributed by atoms with van der Waals surface area (Å²) in [6.07, 6.45) is 3.42. The summed E-state index contributed by atoms with van der Waals surface area (Å²) < 4.78 is 13.0. The Morgan fingerprint density at radius 1 is 1.22 bits per heavy atom. The largest absolute Gasteiger partial charge is 0.457 e. The molecular formula is C22H17ClN4O5. The van der Waals surface area contributed by atoms with Crippen LogP contribution in [0.4, 0.5) is 11.4 Å². The maximum Gasteiger partial charge on any atom is 0.291 e. The van der Waals surface area contributed by atoms with E-state index in [9.17, 15) is 14.9 Å². The van der Waals surface area contributed by atoms with Crippen LogP contribution in [0.1, 0.15) is 21.9 Å². The molecule has 4 rings (SSSR count). The third kappa shape index (κ3) is 4.96. The van der Waals surface area contributed by atoms with Gasteiger partial charge in [-0.05, 0) is 48.9 Å². The summed E-state index contributed by atoms with van der Waals surface area (Å²) in [4.78, 5) is 23.4. The number of hydrogen-bond acceptors (Lipinski definition) is 6. The van der Waals surface area contributed by atoms with Gasteiger partial charge in [-0.15, -0.1) is 0 Å². The molecule has 32 heavy (non-hydrogen) atoms. The minimum atomic E-state index is -0.565. The average molecular weight is 453 g/mol. The van der Waals surface area contributed by atoms with Crippen LogP contribution in [-0.2, 0) is 6.54 Å². The van der Waals surface area contributed by atoms with Crippen LogP contribution in [0.25, 0.3) is 0 Å². The number of carbonyl (C=O) groups excluding carboxylic acids is 1. The molecule has 1 N–H and O–H groups in total. The van der Waals surface area contributed by atoms with Gasteiger partial charge in [0.15, 0.2) is 5.76 Å². The molecule has 2 aromatic carbocycles. The highest BCUT2D eigenvalue weighted by Gasteiger charge is 2.16. The van der Waals surface area contributed by atoms with E-state index in [0.717, 1.165) is 5.56 Å². The summed E-state index contributed by atoms with van der Waals surface area (Å²) in [6, 6.07) is 14.0. The first-order chi connectivity index (χ1) is 15.4. The van der Waals surface area contributed by atoms with Crippen molar-refractivity contribution in [1.29, 1.82) is 0 Å². The highest BCUT2D eigenvalue weighted by Crippen LogP contribution is 2.31. The number of halogens is 1. The molecule has 0 aliphatic carbocycles. The number of amides is 1. The summed E-state index contributed by atoms with van der Waals surface area (Å²) in [7, 11) is 0. The monoisotopic (exact) mass is 452 g/mol. The summed E-state index contributed by atoms with van der Waals surface area (Å²) >= 11 is 6.03. The number of ether oxygens (including phenoxy) is 1. The van der Waals surface area contributed by atoms with Crippen LogP contribution in [0.3, 0.4) is 0 Å². The molecule has 0 bridgehead atoms. The van der Waals surface area contributed by atoms with Crippen molar-refractivity contribution in [3.05, 3.63) is 99.2 Å². The number of nitro benzene ring substituents is 1. The first-order valence-corrected chi connectivity index (χ1v) is 9.86. The lowest BCUT2D eigenvalue weighted by Crippen LogP contribution is -2.11. The zero-order valence-corrected chi connectivity index (χ0v) is 17.6. The van der Waals surface area contributed by atoms with E-state index < -0.39 is 10.8 Å². The molecule has 0 atom stereocenters. The van der Waals surface area contributed by atoms with Crippen molar-refractivity contribution >= 4 is 28.9 Å². The van der Waals surface area contributed by atoms with E-state index >= 15 is 0 Å². The Labute approximate surface area is 187 Å². The Balaban J connectivity index is 1.53. The number of furan rings is 1. The van der Waals surface area contributed by atoms with E-state index in [2.05, 4.69) is 10.4 Å². The third-order valence-corrected chi connectivity index (χ3v) is 4.91. The van der Waals surface area contributed by atoms with Gasteiger partial charge < -0.3 is 14.5 Å². The van der Waals surface area contributed by atoms with Crippen molar-refractivity contribution in [1.82, 2.24) is 9.78 Å². The predicted octanol–water partition coefficient (Wildman–Crippen LogP) is 5.44. The van der Waals surface area contributed by atoms with Crippen molar-refractivity contribution in [3.8, 4) is 11.5 Å².